The molecule has 0 aliphatic heterocycles. The predicted octanol–water partition coefficient (Wildman–Crippen LogP) is 4.27. The monoisotopic (exact) mass is 270 g/mol. The predicted molar refractivity (Wildman–Crippen MR) is 75.6 cm³/mol. The van der Waals surface area contributed by atoms with Gasteiger partial charge in [-0.2, -0.15) is 11.8 Å². The molecule has 0 amide bonds. The summed E-state index contributed by atoms with van der Waals surface area (Å²) in [4.78, 5) is 0. The van der Waals surface area contributed by atoms with Crippen LogP contribution in [0.4, 0.5) is 0 Å². The van der Waals surface area contributed by atoms with Crippen molar-refractivity contribution in [2.75, 3.05) is 5.75 Å². The molecule has 1 N–H and O–H groups in total. The van der Waals surface area contributed by atoms with Gasteiger partial charge in [-0.3, -0.25) is 0 Å². The number of hydrogen-bond donors (Lipinski definition) is 1. The molecule has 0 saturated heterocycles. The molecule has 0 spiro atoms. The van der Waals surface area contributed by atoms with E-state index in [9.17, 15) is 5.11 Å². The van der Waals surface area contributed by atoms with Crippen molar-refractivity contribution in [3.63, 3.8) is 0 Å². The van der Waals surface area contributed by atoms with E-state index in [-0.39, 0.29) is 0 Å². The summed E-state index contributed by atoms with van der Waals surface area (Å²) >= 11 is 7.67. The van der Waals surface area contributed by atoms with Crippen molar-refractivity contribution in [2.45, 2.75) is 43.5 Å². The Morgan fingerprint density at radius 1 is 1.12 bits per heavy atom. The molecule has 0 aromatic heterocycles. The van der Waals surface area contributed by atoms with E-state index in [2.05, 4.69) is 12.1 Å². The van der Waals surface area contributed by atoms with Gasteiger partial charge < -0.3 is 5.11 Å². The minimum absolute atomic E-state index is 0.407. The number of hydrogen-bond acceptors (Lipinski definition) is 2. The van der Waals surface area contributed by atoms with Gasteiger partial charge in [-0.15, -0.1) is 0 Å². The highest BCUT2D eigenvalue weighted by Gasteiger charge is 2.28. The Kier molecular flexibility index (Phi) is 4.78. The molecule has 1 nitrogen and oxygen atoms in total. The van der Waals surface area contributed by atoms with Gasteiger partial charge in [0.25, 0.3) is 0 Å². The van der Waals surface area contributed by atoms with Gasteiger partial charge in [0.05, 0.1) is 5.60 Å². The number of halogens is 1. The van der Waals surface area contributed by atoms with Gasteiger partial charge in [0.2, 0.25) is 0 Å². The van der Waals surface area contributed by atoms with Crippen LogP contribution in [0, 0.1) is 0 Å². The molecule has 0 unspecified atom stereocenters. The third kappa shape index (κ3) is 4.20. The molecule has 1 saturated carbocycles. The highest BCUT2D eigenvalue weighted by molar-refractivity contribution is 7.98. The van der Waals surface area contributed by atoms with Gasteiger partial charge in [-0.25, -0.2) is 0 Å². The maximum atomic E-state index is 10.4. The second kappa shape index (κ2) is 6.12. The zero-order chi connectivity index (χ0) is 12.1. The van der Waals surface area contributed by atoms with Crippen molar-refractivity contribution in [3.05, 3.63) is 34.9 Å². The molecule has 1 aromatic rings. The first-order valence-electron chi connectivity index (χ1n) is 6.23. The maximum Gasteiger partial charge on any atom is 0.0737 e. The Hall–Kier alpha value is -0.180. The number of aliphatic hydroxyl groups is 1. The molecular formula is C14H19ClOS. The van der Waals surface area contributed by atoms with E-state index >= 15 is 0 Å². The Morgan fingerprint density at radius 2 is 1.76 bits per heavy atom. The SMILES string of the molecule is OC1(CSCc2ccc(Cl)cc2)CCCCC1. The molecule has 17 heavy (non-hydrogen) atoms. The van der Waals surface area contributed by atoms with Crippen molar-refractivity contribution in [1.29, 1.82) is 0 Å². The normalized spacial score (nSPS) is 19.2. The first-order chi connectivity index (χ1) is 8.18. The molecule has 0 heterocycles. The van der Waals surface area contributed by atoms with E-state index in [1.165, 1.54) is 24.8 Å². The average molecular weight is 271 g/mol. The Morgan fingerprint density at radius 3 is 2.41 bits per heavy atom. The third-order valence-electron chi connectivity index (χ3n) is 3.34. The van der Waals surface area contributed by atoms with Crippen LogP contribution >= 0.6 is 23.4 Å². The van der Waals surface area contributed by atoms with E-state index in [1.54, 1.807) is 0 Å². The van der Waals surface area contributed by atoms with Gasteiger partial charge in [0.1, 0.15) is 0 Å². The van der Waals surface area contributed by atoms with E-state index in [0.717, 1.165) is 29.4 Å². The molecule has 0 bridgehead atoms. The summed E-state index contributed by atoms with van der Waals surface area (Å²) in [5, 5.41) is 11.1. The molecule has 0 radical (unpaired) electrons. The third-order valence-corrected chi connectivity index (χ3v) is 4.87. The second-order valence-electron chi connectivity index (χ2n) is 4.90. The van der Waals surface area contributed by atoms with Crippen LogP contribution in [0.2, 0.25) is 5.02 Å². The first-order valence-corrected chi connectivity index (χ1v) is 7.76. The quantitative estimate of drug-likeness (QED) is 0.882. The van der Waals surface area contributed by atoms with Crippen LogP contribution < -0.4 is 0 Å². The van der Waals surface area contributed by atoms with Gasteiger partial charge in [-0.1, -0.05) is 43.0 Å². The van der Waals surface area contributed by atoms with E-state index in [4.69, 9.17) is 11.6 Å². The van der Waals surface area contributed by atoms with Crippen LogP contribution in [0.1, 0.15) is 37.7 Å². The van der Waals surface area contributed by atoms with Gasteiger partial charge >= 0.3 is 0 Å². The van der Waals surface area contributed by atoms with Gasteiger partial charge in [0.15, 0.2) is 0 Å². The lowest BCUT2D eigenvalue weighted by molar-refractivity contribution is 0.0273. The van der Waals surface area contributed by atoms with Crippen molar-refractivity contribution < 1.29 is 5.11 Å². The Balaban J connectivity index is 1.77. The lowest BCUT2D eigenvalue weighted by Crippen LogP contribution is -2.34. The summed E-state index contributed by atoms with van der Waals surface area (Å²) in [6.07, 6.45) is 5.58. The van der Waals surface area contributed by atoms with Crippen molar-refractivity contribution in [1.82, 2.24) is 0 Å². The fourth-order valence-electron chi connectivity index (χ4n) is 2.29. The highest BCUT2D eigenvalue weighted by atomic mass is 35.5. The fraction of sp³-hybridized carbons (Fsp3) is 0.571. The van der Waals surface area contributed by atoms with Crippen LogP contribution in [0.5, 0.6) is 0 Å². The van der Waals surface area contributed by atoms with Crippen molar-refractivity contribution in [2.24, 2.45) is 0 Å². The first kappa shape index (κ1) is 13.3. The van der Waals surface area contributed by atoms with Crippen molar-refractivity contribution in [3.8, 4) is 0 Å². The summed E-state index contributed by atoms with van der Waals surface area (Å²) in [5.41, 5.74) is 0.869. The molecule has 2 rings (SSSR count). The average Bonchev–Trinajstić information content (AvgIpc) is 2.32. The molecule has 0 atom stereocenters. The summed E-state index contributed by atoms with van der Waals surface area (Å²) in [7, 11) is 0. The van der Waals surface area contributed by atoms with Gasteiger partial charge in [0, 0.05) is 16.5 Å². The summed E-state index contributed by atoms with van der Waals surface area (Å²) < 4.78 is 0. The van der Waals surface area contributed by atoms with Gasteiger partial charge in [-0.05, 0) is 30.5 Å². The lowest BCUT2D eigenvalue weighted by Gasteiger charge is -2.31. The fourth-order valence-corrected chi connectivity index (χ4v) is 3.62. The molecule has 3 heteroatoms. The standard InChI is InChI=1S/C14H19ClOS/c15-13-6-4-12(5-7-13)10-17-11-14(16)8-2-1-3-9-14/h4-7,16H,1-3,8-11H2. The number of rotatable bonds is 4. The smallest absolute Gasteiger partial charge is 0.0737 e. The maximum absolute atomic E-state index is 10.4. The summed E-state index contributed by atoms with van der Waals surface area (Å²) in [6.45, 7) is 0. The Bertz CT molecular complexity index is 344. The number of thioether (sulfide) groups is 1. The molecule has 1 aliphatic carbocycles. The van der Waals surface area contributed by atoms with Crippen LogP contribution in [-0.2, 0) is 5.75 Å². The zero-order valence-electron chi connectivity index (χ0n) is 9.99. The summed E-state index contributed by atoms with van der Waals surface area (Å²) in [6, 6.07) is 7.96. The Labute approximate surface area is 113 Å². The van der Waals surface area contributed by atoms with Crippen LogP contribution in [0.15, 0.2) is 24.3 Å². The molecule has 94 valence electrons. The van der Waals surface area contributed by atoms with Crippen LogP contribution in [-0.4, -0.2) is 16.5 Å². The molecular weight excluding hydrogens is 252 g/mol. The van der Waals surface area contributed by atoms with Crippen LogP contribution in [0.25, 0.3) is 0 Å². The minimum Gasteiger partial charge on any atom is -0.389 e. The van der Waals surface area contributed by atoms with E-state index < -0.39 is 5.60 Å². The molecule has 1 aromatic carbocycles. The number of benzene rings is 1. The summed E-state index contributed by atoms with van der Waals surface area (Å²) in [5.74, 6) is 1.81. The zero-order valence-corrected chi connectivity index (χ0v) is 11.6. The molecule has 1 aliphatic rings. The van der Waals surface area contributed by atoms with E-state index in [0.29, 0.717) is 0 Å². The largest absolute Gasteiger partial charge is 0.389 e. The van der Waals surface area contributed by atoms with Crippen LogP contribution in [0.3, 0.4) is 0 Å². The second-order valence-corrected chi connectivity index (χ2v) is 6.33. The molecule has 1 fully saturated rings. The van der Waals surface area contributed by atoms with Crippen molar-refractivity contribution >= 4 is 23.4 Å². The highest BCUT2D eigenvalue weighted by Crippen LogP contribution is 2.31. The minimum atomic E-state index is -0.407. The van der Waals surface area contributed by atoms with E-state index in [1.807, 2.05) is 23.9 Å². The lowest BCUT2D eigenvalue weighted by atomic mass is 9.86. The topological polar surface area (TPSA) is 20.2 Å².